The summed E-state index contributed by atoms with van der Waals surface area (Å²) in [5, 5.41) is 76.7. The molecule has 0 aromatic rings. The monoisotopic (exact) mass is 398 g/mol. The zero-order valence-electron chi connectivity index (χ0n) is 12.4. The number of rotatable bonds is 5. The summed E-state index contributed by atoms with van der Waals surface area (Å²) in [5.74, 6) is -2.22. The zero-order valence-corrected chi connectivity index (χ0v) is 13.5. The average Bonchev–Trinajstić information content (AvgIpc) is 2.80. The molecule has 12 heteroatoms. The van der Waals surface area contributed by atoms with E-state index >= 15 is 0 Å². The maximum Gasteiger partial charge on any atom is 2.00 e. The van der Waals surface area contributed by atoms with E-state index in [1.54, 1.807) is 0 Å². The van der Waals surface area contributed by atoms with E-state index in [2.05, 4.69) is 0 Å². The standard InChI is InChI=1S/C12H22O11.Fe/c13-1-4-6(16)8(18)9(19)11(21-4)23-12(3-15)10(20)7(17)5(2-14)22-12;/h4-11,13-20H,1-3H2;/q;+2/t4-,5-,6-,7-,8+,9-,10+,11-,12+;/m1./s1. The van der Waals surface area contributed by atoms with E-state index in [-0.39, 0.29) is 17.1 Å². The molecule has 2 saturated heterocycles. The van der Waals surface area contributed by atoms with Crippen LogP contribution in [0.5, 0.6) is 0 Å². The Morgan fingerprint density at radius 2 is 1.38 bits per heavy atom. The normalized spacial score (nSPS) is 49.0. The number of ether oxygens (including phenoxy) is 3. The van der Waals surface area contributed by atoms with Crippen molar-refractivity contribution in [2.24, 2.45) is 0 Å². The molecule has 0 unspecified atom stereocenters. The summed E-state index contributed by atoms with van der Waals surface area (Å²) in [6.45, 7) is -2.32. The summed E-state index contributed by atoms with van der Waals surface area (Å²) in [6.07, 6.45) is -12.7. The summed E-state index contributed by atoms with van der Waals surface area (Å²) in [4.78, 5) is 0. The molecule has 2 heterocycles. The largest absolute Gasteiger partial charge is 2.00 e. The van der Waals surface area contributed by atoms with Crippen molar-refractivity contribution in [3.8, 4) is 0 Å². The van der Waals surface area contributed by atoms with Crippen molar-refractivity contribution in [2.75, 3.05) is 19.8 Å². The van der Waals surface area contributed by atoms with Crippen LogP contribution in [-0.2, 0) is 31.3 Å². The first-order chi connectivity index (χ1) is 10.8. The number of hydrogen-bond donors (Lipinski definition) is 8. The molecule has 0 amide bonds. The quantitative estimate of drug-likeness (QED) is 0.206. The van der Waals surface area contributed by atoms with Crippen molar-refractivity contribution in [1.82, 2.24) is 0 Å². The molecule has 0 spiro atoms. The van der Waals surface area contributed by atoms with Crippen molar-refractivity contribution in [2.45, 2.75) is 54.8 Å². The Labute approximate surface area is 147 Å². The predicted octanol–water partition coefficient (Wildman–Crippen LogP) is -5.40. The van der Waals surface area contributed by atoms with Crippen LogP contribution in [0.4, 0.5) is 0 Å². The van der Waals surface area contributed by atoms with E-state index in [9.17, 15) is 30.6 Å². The van der Waals surface area contributed by atoms with Crippen LogP contribution >= 0.6 is 0 Å². The number of aliphatic hydroxyl groups is 8. The van der Waals surface area contributed by atoms with Gasteiger partial charge in [-0.1, -0.05) is 0 Å². The Balaban J connectivity index is 0.00000288. The molecule has 2 rings (SSSR count). The van der Waals surface area contributed by atoms with Gasteiger partial charge in [0.15, 0.2) is 6.29 Å². The molecule has 2 fully saturated rings. The second-order valence-corrected chi connectivity index (χ2v) is 5.56. The van der Waals surface area contributed by atoms with E-state index in [1.165, 1.54) is 0 Å². The SMILES string of the molecule is OC[C@H]1O[C@@](CO)(O[C@H]2O[C@H](CO)[C@@H](O)[C@H](O)[C@H]2O)[C@@H](O)[C@@H]1O.[Fe+2]. The molecule has 0 radical (unpaired) electrons. The van der Waals surface area contributed by atoms with Crippen LogP contribution in [0.15, 0.2) is 0 Å². The van der Waals surface area contributed by atoms with Crippen LogP contribution in [-0.4, -0.2) is 115 Å². The molecule has 8 N–H and O–H groups in total. The Kier molecular flexibility index (Phi) is 7.97. The fourth-order valence-electron chi connectivity index (χ4n) is 2.63. The molecule has 24 heavy (non-hydrogen) atoms. The summed E-state index contributed by atoms with van der Waals surface area (Å²) in [5.41, 5.74) is 0. The first kappa shape index (κ1) is 22.1. The van der Waals surface area contributed by atoms with Gasteiger partial charge in [-0.05, 0) is 0 Å². The molecular weight excluding hydrogens is 376 g/mol. The van der Waals surface area contributed by atoms with Gasteiger partial charge < -0.3 is 55.1 Å². The van der Waals surface area contributed by atoms with Crippen LogP contribution in [0, 0.1) is 0 Å². The molecule has 0 aromatic heterocycles. The molecule has 0 saturated carbocycles. The Morgan fingerprint density at radius 3 is 1.83 bits per heavy atom. The smallest absolute Gasteiger partial charge is 0.394 e. The van der Waals surface area contributed by atoms with Gasteiger partial charge in [-0.25, -0.2) is 0 Å². The molecule has 142 valence electrons. The van der Waals surface area contributed by atoms with Crippen LogP contribution < -0.4 is 0 Å². The molecule has 2 aliphatic heterocycles. The molecule has 0 bridgehead atoms. The van der Waals surface area contributed by atoms with Crippen LogP contribution in [0.3, 0.4) is 0 Å². The minimum absolute atomic E-state index is 0. The van der Waals surface area contributed by atoms with Crippen LogP contribution in [0.25, 0.3) is 0 Å². The predicted molar refractivity (Wildman–Crippen MR) is 68.6 cm³/mol. The summed E-state index contributed by atoms with van der Waals surface area (Å²) in [6, 6.07) is 0. The third-order valence-electron chi connectivity index (χ3n) is 4.07. The first-order valence-electron chi connectivity index (χ1n) is 7.05. The fraction of sp³-hybridized carbons (Fsp3) is 1.00. The first-order valence-corrected chi connectivity index (χ1v) is 7.05. The van der Waals surface area contributed by atoms with Gasteiger partial charge in [0.1, 0.15) is 49.3 Å². The van der Waals surface area contributed by atoms with Crippen molar-refractivity contribution < 1.29 is 72.1 Å². The van der Waals surface area contributed by atoms with Crippen molar-refractivity contribution in [1.29, 1.82) is 0 Å². The third-order valence-corrected chi connectivity index (χ3v) is 4.07. The van der Waals surface area contributed by atoms with Gasteiger partial charge in [0, 0.05) is 0 Å². The Bertz CT molecular complexity index is 399. The van der Waals surface area contributed by atoms with Crippen molar-refractivity contribution >= 4 is 0 Å². The second kappa shape index (κ2) is 8.64. The molecule has 0 aromatic carbocycles. The molecular formula is C12H22FeO11+2. The van der Waals surface area contributed by atoms with E-state index in [0.717, 1.165) is 0 Å². The van der Waals surface area contributed by atoms with Gasteiger partial charge >= 0.3 is 17.1 Å². The fourth-order valence-corrected chi connectivity index (χ4v) is 2.63. The minimum Gasteiger partial charge on any atom is -0.394 e. The maximum absolute atomic E-state index is 10.00. The summed E-state index contributed by atoms with van der Waals surface area (Å²) in [7, 11) is 0. The zero-order chi connectivity index (χ0) is 17.4. The number of hydrogen-bond acceptors (Lipinski definition) is 11. The third kappa shape index (κ3) is 3.76. The molecule has 2 aliphatic rings. The van der Waals surface area contributed by atoms with Gasteiger partial charge in [0.2, 0.25) is 5.79 Å². The number of aliphatic hydroxyl groups excluding tert-OH is 8. The summed E-state index contributed by atoms with van der Waals surface area (Å²) >= 11 is 0. The van der Waals surface area contributed by atoms with E-state index < -0.39 is 74.6 Å². The second-order valence-electron chi connectivity index (χ2n) is 5.56. The topological polar surface area (TPSA) is 190 Å². The van der Waals surface area contributed by atoms with E-state index in [4.69, 9.17) is 24.4 Å². The minimum atomic E-state index is -2.22. The maximum atomic E-state index is 10.00. The summed E-state index contributed by atoms with van der Waals surface area (Å²) < 4.78 is 15.4. The van der Waals surface area contributed by atoms with Crippen LogP contribution in [0.2, 0.25) is 0 Å². The average molecular weight is 398 g/mol. The van der Waals surface area contributed by atoms with Gasteiger partial charge in [-0.2, -0.15) is 0 Å². The van der Waals surface area contributed by atoms with E-state index in [0.29, 0.717) is 0 Å². The Morgan fingerprint density at radius 1 is 0.792 bits per heavy atom. The molecule has 11 nitrogen and oxygen atoms in total. The van der Waals surface area contributed by atoms with Gasteiger partial charge in [-0.3, -0.25) is 0 Å². The molecule has 9 atom stereocenters. The van der Waals surface area contributed by atoms with Gasteiger partial charge in [-0.15, -0.1) is 0 Å². The van der Waals surface area contributed by atoms with Crippen molar-refractivity contribution in [3.05, 3.63) is 0 Å². The Hall–Kier alpha value is 0.0795. The molecule has 0 aliphatic carbocycles. The van der Waals surface area contributed by atoms with Crippen LogP contribution in [0.1, 0.15) is 0 Å². The van der Waals surface area contributed by atoms with Gasteiger partial charge in [0.25, 0.3) is 0 Å². The van der Waals surface area contributed by atoms with E-state index in [1.807, 2.05) is 0 Å². The van der Waals surface area contributed by atoms with Gasteiger partial charge in [0.05, 0.1) is 13.2 Å². The van der Waals surface area contributed by atoms with Crippen molar-refractivity contribution in [3.63, 3.8) is 0 Å².